The van der Waals surface area contributed by atoms with Gasteiger partial charge < -0.3 is 9.64 Å². The van der Waals surface area contributed by atoms with E-state index in [-0.39, 0.29) is 30.1 Å². The zero-order valence-electron chi connectivity index (χ0n) is 22.3. The maximum absolute atomic E-state index is 14.5. The molecule has 1 aliphatic heterocycles. The zero-order chi connectivity index (χ0) is 27.5. The summed E-state index contributed by atoms with van der Waals surface area (Å²) in [7, 11) is 1.57. The summed E-state index contributed by atoms with van der Waals surface area (Å²) in [6, 6.07) is 19.7. The molecule has 7 heteroatoms. The normalized spacial score (nSPS) is 20.3. The monoisotopic (exact) mass is 544 g/mol. The van der Waals surface area contributed by atoms with Crippen LogP contribution in [0, 0.1) is 6.92 Å². The topological polar surface area (TPSA) is 66.9 Å². The SMILES string of the molecule is COc1ccc(C(=O)CC2C(=O)N(c3ccc(C)cc3)C(c3ccc(Cl)cc3)C(=O)N2C2CCCCC2)cc1. The van der Waals surface area contributed by atoms with Crippen LogP contribution < -0.4 is 9.64 Å². The molecule has 0 spiro atoms. The molecular formula is C32H33ClN2O4. The van der Waals surface area contributed by atoms with Crippen LogP contribution in [0.15, 0.2) is 72.8 Å². The molecule has 1 saturated carbocycles. The van der Waals surface area contributed by atoms with E-state index in [9.17, 15) is 14.4 Å². The van der Waals surface area contributed by atoms with E-state index in [1.807, 2.05) is 31.2 Å². The number of rotatable bonds is 7. The molecule has 39 heavy (non-hydrogen) atoms. The van der Waals surface area contributed by atoms with Gasteiger partial charge in [-0.15, -0.1) is 0 Å². The first-order chi connectivity index (χ1) is 18.9. The Morgan fingerprint density at radius 1 is 0.872 bits per heavy atom. The number of amides is 2. The van der Waals surface area contributed by atoms with Gasteiger partial charge >= 0.3 is 0 Å². The third kappa shape index (κ3) is 5.57. The lowest BCUT2D eigenvalue weighted by molar-refractivity contribution is -0.150. The number of benzene rings is 3. The molecule has 0 N–H and O–H groups in total. The van der Waals surface area contributed by atoms with Gasteiger partial charge in [0.2, 0.25) is 0 Å². The number of anilines is 1. The minimum Gasteiger partial charge on any atom is -0.497 e. The van der Waals surface area contributed by atoms with Crippen LogP contribution in [-0.4, -0.2) is 41.7 Å². The van der Waals surface area contributed by atoms with Crippen molar-refractivity contribution in [1.29, 1.82) is 0 Å². The number of carbonyl (C=O) groups is 3. The molecule has 1 saturated heterocycles. The van der Waals surface area contributed by atoms with Gasteiger partial charge in [0.1, 0.15) is 17.8 Å². The summed E-state index contributed by atoms with van der Waals surface area (Å²) < 4.78 is 5.23. The number of ether oxygens (including phenoxy) is 1. The number of hydrogen-bond donors (Lipinski definition) is 0. The highest BCUT2D eigenvalue weighted by molar-refractivity contribution is 6.30. The van der Waals surface area contributed by atoms with Gasteiger partial charge in [0, 0.05) is 28.7 Å². The van der Waals surface area contributed by atoms with Crippen molar-refractivity contribution in [2.24, 2.45) is 0 Å². The van der Waals surface area contributed by atoms with Crippen molar-refractivity contribution in [3.8, 4) is 5.75 Å². The summed E-state index contributed by atoms with van der Waals surface area (Å²) in [6.45, 7) is 1.98. The Morgan fingerprint density at radius 3 is 2.13 bits per heavy atom. The van der Waals surface area contributed by atoms with Gasteiger partial charge in [0.15, 0.2) is 5.78 Å². The highest BCUT2D eigenvalue weighted by atomic mass is 35.5. The minimum atomic E-state index is -0.889. The Labute approximate surface area is 234 Å². The van der Waals surface area contributed by atoms with Crippen LogP contribution in [-0.2, 0) is 9.59 Å². The predicted molar refractivity (Wildman–Crippen MR) is 152 cm³/mol. The summed E-state index contributed by atoms with van der Waals surface area (Å²) >= 11 is 6.17. The van der Waals surface area contributed by atoms with E-state index < -0.39 is 12.1 Å². The minimum absolute atomic E-state index is 0.0803. The molecule has 5 rings (SSSR count). The fourth-order valence-electron chi connectivity index (χ4n) is 5.78. The molecule has 3 aromatic carbocycles. The van der Waals surface area contributed by atoms with E-state index in [1.54, 1.807) is 65.4 Å². The number of methoxy groups -OCH3 is 1. The van der Waals surface area contributed by atoms with Crippen LogP contribution in [0.1, 0.15) is 66.1 Å². The zero-order valence-corrected chi connectivity index (χ0v) is 23.1. The molecule has 1 aliphatic carbocycles. The van der Waals surface area contributed by atoms with E-state index in [4.69, 9.17) is 16.3 Å². The smallest absolute Gasteiger partial charge is 0.251 e. The molecule has 0 aromatic heterocycles. The Morgan fingerprint density at radius 2 is 1.51 bits per heavy atom. The van der Waals surface area contributed by atoms with Gasteiger partial charge in [-0.3, -0.25) is 19.3 Å². The molecule has 2 amide bonds. The number of Topliss-reactive ketones (excluding diaryl/α,β-unsaturated/α-hetero) is 1. The lowest BCUT2D eigenvalue weighted by atomic mass is 9.87. The molecule has 2 atom stereocenters. The first kappa shape index (κ1) is 26.9. The molecule has 3 aromatic rings. The highest BCUT2D eigenvalue weighted by Gasteiger charge is 2.50. The average Bonchev–Trinajstić information content (AvgIpc) is 2.96. The van der Waals surface area contributed by atoms with E-state index in [0.29, 0.717) is 27.6 Å². The number of hydrogen-bond acceptors (Lipinski definition) is 4. The Bertz CT molecular complexity index is 1330. The Balaban J connectivity index is 1.58. The predicted octanol–water partition coefficient (Wildman–Crippen LogP) is 6.55. The third-order valence-electron chi connectivity index (χ3n) is 7.86. The van der Waals surface area contributed by atoms with Gasteiger partial charge in [-0.1, -0.05) is 60.7 Å². The van der Waals surface area contributed by atoms with Crippen LogP contribution in [0.25, 0.3) is 0 Å². The summed E-state index contributed by atoms with van der Waals surface area (Å²) in [5, 5.41) is 0.558. The van der Waals surface area contributed by atoms with Gasteiger partial charge in [-0.05, 0) is 73.9 Å². The summed E-state index contributed by atoms with van der Waals surface area (Å²) in [6.07, 6.45) is 4.67. The Kier molecular flexibility index (Phi) is 8.03. The van der Waals surface area contributed by atoms with Gasteiger partial charge in [0.05, 0.1) is 7.11 Å². The first-order valence-corrected chi connectivity index (χ1v) is 13.9. The lowest BCUT2D eigenvalue weighted by Gasteiger charge is -2.49. The van der Waals surface area contributed by atoms with Gasteiger partial charge in [-0.2, -0.15) is 0 Å². The fraction of sp³-hybridized carbons (Fsp3) is 0.344. The maximum Gasteiger partial charge on any atom is 0.251 e. The van der Waals surface area contributed by atoms with Crippen LogP contribution >= 0.6 is 11.6 Å². The second-order valence-electron chi connectivity index (χ2n) is 10.4. The molecule has 2 unspecified atom stereocenters. The summed E-state index contributed by atoms with van der Waals surface area (Å²) in [5.74, 6) is 0.0665. The van der Waals surface area contributed by atoms with E-state index in [0.717, 1.165) is 37.7 Å². The molecule has 0 radical (unpaired) electrons. The number of ketones is 1. The molecule has 0 bridgehead atoms. The molecule has 2 fully saturated rings. The molecule has 1 heterocycles. The largest absolute Gasteiger partial charge is 0.497 e. The van der Waals surface area contributed by atoms with Crippen molar-refractivity contribution in [1.82, 2.24) is 4.90 Å². The standard InChI is InChI=1S/C32H33ClN2O4/c1-21-8-16-26(17-9-21)35-30(23-10-14-24(33)15-11-23)32(38)34(25-6-4-3-5-7-25)28(31(35)37)20-29(36)22-12-18-27(39-2)19-13-22/h8-19,25,28,30H,3-7,20H2,1-2H3. The second kappa shape index (κ2) is 11.6. The summed E-state index contributed by atoms with van der Waals surface area (Å²) in [4.78, 5) is 45.8. The number of aryl methyl sites for hydroxylation is 1. The molecular weight excluding hydrogens is 512 g/mol. The van der Waals surface area contributed by atoms with Gasteiger partial charge in [-0.25, -0.2) is 0 Å². The third-order valence-corrected chi connectivity index (χ3v) is 8.11. The lowest BCUT2D eigenvalue weighted by Crippen LogP contribution is -2.64. The molecule has 202 valence electrons. The van der Waals surface area contributed by atoms with Crippen molar-refractivity contribution in [2.45, 2.75) is 63.6 Å². The van der Waals surface area contributed by atoms with Crippen molar-refractivity contribution >= 4 is 34.9 Å². The molecule has 2 aliphatic rings. The van der Waals surface area contributed by atoms with Crippen molar-refractivity contribution in [3.05, 3.63) is 94.5 Å². The highest BCUT2D eigenvalue weighted by Crippen LogP contribution is 2.39. The first-order valence-electron chi connectivity index (χ1n) is 13.5. The number of carbonyl (C=O) groups excluding carboxylic acids is 3. The number of piperazine rings is 1. The number of nitrogens with zero attached hydrogens (tertiary/aromatic N) is 2. The van der Waals surface area contributed by atoms with E-state index >= 15 is 0 Å². The summed E-state index contributed by atoms with van der Waals surface area (Å²) in [5.41, 5.74) is 2.86. The van der Waals surface area contributed by atoms with Crippen molar-refractivity contribution in [2.75, 3.05) is 12.0 Å². The Hall–Kier alpha value is -3.64. The van der Waals surface area contributed by atoms with Crippen LogP contribution in [0.5, 0.6) is 5.75 Å². The van der Waals surface area contributed by atoms with Crippen LogP contribution in [0.2, 0.25) is 5.02 Å². The quantitative estimate of drug-likeness (QED) is 0.316. The van der Waals surface area contributed by atoms with Crippen LogP contribution in [0.4, 0.5) is 5.69 Å². The van der Waals surface area contributed by atoms with Gasteiger partial charge in [0.25, 0.3) is 11.8 Å². The molecule has 6 nitrogen and oxygen atoms in total. The van der Waals surface area contributed by atoms with Crippen LogP contribution in [0.3, 0.4) is 0 Å². The second-order valence-corrected chi connectivity index (χ2v) is 10.8. The van der Waals surface area contributed by atoms with E-state index in [1.165, 1.54) is 0 Å². The fourth-order valence-corrected chi connectivity index (χ4v) is 5.91. The number of halogens is 1. The average molecular weight is 545 g/mol. The maximum atomic E-state index is 14.5. The van der Waals surface area contributed by atoms with Crippen molar-refractivity contribution < 1.29 is 19.1 Å². The van der Waals surface area contributed by atoms with E-state index in [2.05, 4.69) is 0 Å². The van der Waals surface area contributed by atoms with Crippen molar-refractivity contribution in [3.63, 3.8) is 0 Å².